The van der Waals surface area contributed by atoms with Gasteiger partial charge in [-0.3, -0.25) is 0 Å². The van der Waals surface area contributed by atoms with Crippen molar-refractivity contribution >= 4 is 55.2 Å². The van der Waals surface area contributed by atoms with Gasteiger partial charge in [-0.05, 0) is 53.9 Å². The zero-order valence-electron chi connectivity index (χ0n) is 11.2. The normalized spacial score (nSPS) is 14.8. The summed E-state index contributed by atoms with van der Waals surface area (Å²) in [6, 6.07) is 4.16. The third kappa shape index (κ3) is 3.42. The van der Waals surface area contributed by atoms with Crippen molar-refractivity contribution in [3.8, 4) is 5.75 Å². The van der Waals surface area contributed by atoms with Crippen molar-refractivity contribution < 1.29 is 4.74 Å². The minimum Gasteiger partial charge on any atom is -0.490 e. The van der Waals surface area contributed by atoms with Gasteiger partial charge in [-0.15, -0.1) is 0 Å². The van der Waals surface area contributed by atoms with E-state index in [4.69, 9.17) is 4.74 Å². The van der Waals surface area contributed by atoms with E-state index in [9.17, 15) is 0 Å². The SMILES string of the molecule is CC.Cc1nn(PI)c2cc(Br)cc(OC3CC3)c12. The minimum atomic E-state index is 0.414. The molecule has 0 aliphatic heterocycles. The number of nitrogens with zero attached hydrogens (tertiary/aromatic N) is 2. The maximum Gasteiger partial charge on any atom is 0.132 e. The summed E-state index contributed by atoms with van der Waals surface area (Å²) in [6.45, 7) is 6.04. The number of halogens is 2. The molecule has 1 aromatic carbocycles. The van der Waals surface area contributed by atoms with Crippen LogP contribution in [-0.2, 0) is 0 Å². The summed E-state index contributed by atoms with van der Waals surface area (Å²) in [5.74, 6) is 0.968. The van der Waals surface area contributed by atoms with Gasteiger partial charge in [-0.1, -0.05) is 29.8 Å². The average Bonchev–Trinajstić information content (AvgIpc) is 3.15. The molecule has 0 bridgehead atoms. The Labute approximate surface area is 136 Å². The highest BCUT2D eigenvalue weighted by Gasteiger charge is 2.25. The lowest BCUT2D eigenvalue weighted by molar-refractivity contribution is 0.306. The Kier molecular flexibility index (Phi) is 5.49. The Hall–Kier alpha value is 0.130. The van der Waals surface area contributed by atoms with Crippen LogP contribution in [0.15, 0.2) is 16.6 Å². The molecular weight excluding hydrogens is 438 g/mol. The molecule has 3 nitrogen and oxygen atoms in total. The molecule has 19 heavy (non-hydrogen) atoms. The van der Waals surface area contributed by atoms with Crippen LogP contribution in [0.5, 0.6) is 5.75 Å². The molecule has 6 heteroatoms. The van der Waals surface area contributed by atoms with E-state index in [0.717, 1.165) is 26.8 Å². The molecule has 0 amide bonds. The van der Waals surface area contributed by atoms with Gasteiger partial charge in [0.2, 0.25) is 0 Å². The molecule has 1 aromatic heterocycles. The summed E-state index contributed by atoms with van der Waals surface area (Å²) in [5.41, 5.74) is 2.20. The van der Waals surface area contributed by atoms with Gasteiger partial charge in [0.15, 0.2) is 0 Å². The summed E-state index contributed by atoms with van der Waals surface area (Å²) < 4.78 is 9.07. The van der Waals surface area contributed by atoms with Gasteiger partial charge in [-0.25, -0.2) is 4.45 Å². The highest BCUT2D eigenvalue weighted by molar-refractivity contribution is 14.2. The molecule has 1 saturated carbocycles. The Bertz CT molecular complexity index is 584. The number of benzene rings is 1. The third-order valence-electron chi connectivity index (χ3n) is 2.78. The van der Waals surface area contributed by atoms with E-state index in [-0.39, 0.29) is 0 Å². The lowest BCUT2D eigenvalue weighted by atomic mass is 10.2. The molecule has 0 N–H and O–H groups in total. The molecule has 1 aliphatic carbocycles. The molecule has 1 fully saturated rings. The molecule has 1 aliphatic rings. The Morgan fingerprint density at radius 1 is 1.42 bits per heavy atom. The van der Waals surface area contributed by atoms with Gasteiger partial charge < -0.3 is 4.74 Å². The first-order valence-electron chi connectivity index (χ1n) is 6.41. The van der Waals surface area contributed by atoms with E-state index >= 15 is 0 Å². The van der Waals surface area contributed by atoms with Gasteiger partial charge in [-0.2, -0.15) is 5.10 Å². The number of aromatic nitrogens is 2. The smallest absolute Gasteiger partial charge is 0.132 e. The molecule has 0 radical (unpaired) electrons. The first kappa shape index (κ1) is 15.5. The summed E-state index contributed by atoms with van der Waals surface area (Å²) in [5, 5.41) is 5.72. The number of hydrogen-bond donors (Lipinski definition) is 0. The van der Waals surface area contributed by atoms with Crippen LogP contribution in [0.4, 0.5) is 0 Å². The molecular formula is C13H17BrIN2OP. The van der Waals surface area contributed by atoms with Crippen molar-refractivity contribution in [1.29, 1.82) is 0 Å². The fourth-order valence-electron chi connectivity index (χ4n) is 1.88. The minimum absolute atomic E-state index is 0.414. The van der Waals surface area contributed by atoms with Crippen molar-refractivity contribution in [2.45, 2.75) is 39.7 Å². The van der Waals surface area contributed by atoms with E-state index in [2.05, 4.69) is 55.2 Å². The quantitative estimate of drug-likeness (QED) is 0.454. The van der Waals surface area contributed by atoms with Gasteiger partial charge in [0.1, 0.15) is 5.75 Å². The Balaban J connectivity index is 0.000000637. The number of rotatable bonds is 3. The van der Waals surface area contributed by atoms with Crippen LogP contribution >= 0.6 is 44.3 Å². The van der Waals surface area contributed by atoms with Crippen molar-refractivity contribution in [1.82, 2.24) is 9.55 Å². The fraction of sp³-hybridized carbons (Fsp3) is 0.462. The van der Waals surface area contributed by atoms with Gasteiger partial charge in [0.05, 0.1) is 29.1 Å². The van der Waals surface area contributed by atoms with Crippen LogP contribution < -0.4 is 4.74 Å². The lowest BCUT2D eigenvalue weighted by Gasteiger charge is -2.07. The van der Waals surface area contributed by atoms with Crippen molar-refractivity contribution in [3.63, 3.8) is 0 Å². The summed E-state index contributed by atoms with van der Waals surface area (Å²) in [7, 11) is 0. The summed E-state index contributed by atoms with van der Waals surface area (Å²) in [6.07, 6.45) is 3.37. The largest absolute Gasteiger partial charge is 0.490 e. The predicted octanol–water partition coefficient (Wildman–Crippen LogP) is 5.47. The monoisotopic (exact) mass is 454 g/mol. The molecule has 1 unspecified atom stereocenters. The molecule has 104 valence electrons. The van der Waals surface area contributed by atoms with Crippen LogP contribution in [0.1, 0.15) is 32.4 Å². The first-order valence-corrected chi connectivity index (χ1v) is 11.3. The number of hydrogen-bond acceptors (Lipinski definition) is 2. The van der Waals surface area contributed by atoms with Crippen LogP contribution in [0.25, 0.3) is 10.9 Å². The topological polar surface area (TPSA) is 27.1 Å². The van der Waals surface area contributed by atoms with Crippen LogP contribution in [0, 0.1) is 6.92 Å². The second kappa shape index (κ2) is 6.72. The maximum absolute atomic E-state index is 5.98. The summed E-state index contributed by atoms with van der Waals surface area (Å²) >= 11 is 5.89. The average molecular weight is 455 g/mol. The van der Waals surface area contributed by atoms with Crippen molar-refractivity contribution in [2.24, 2.45) is 0 Å². The number of fused-ring (bicyclic) bond motifs is 1. The first-order chi connectivity index (χ1) is 9.19. The van der Waals surface area contributed by atoms with E-state index in [1.54, 1.807) is 0 Å². The van der Waals surface area contributed by atoms with E-state index in [0.29, 0.717) is 12.5 Å². The van der Waals surface area contributed by atoms with Crippen LogP contribution in [-0.4, -0.2) is 15.7 Å². The Morgan fingerprint density at radius 2 is 2.11 bits per heavy atom. The van der Waals surface area contributed by atoms with E-state index < -0.39 is 0 Å². The standard InChI is InChI=1S/C11H11BrIN2OP.C2H6/c1-6-11-9(15(14-6)17-13)4-7(12)5-10(11)16-8-2-3-8;1-2/h4-5,8,17H,2-3H2,1H3;1-2H3. The molecule has 1 atom stereocenters. The second-order valence-corrected chi connectivity index (χ2v) is 7.15. The van der Waals surface area contributed by atoms with E-state index in [1.807, 2.05) is 25.2 Å². The van der Waals surface area contributed by atoms with Crippen LogP contribution in [0.2, 0.25) is 0 Å². The number of ether oxygens (including phenoxy) is 1. The second-order valence-electron chi connectivity index (χ2n) is 4.20. The van der Waals surface area contributed by atoms with E-state index in [1.165, 1.54) is 12.8 Å². The summed E-state index contributed by atoms with van der Waals surface area (Å²) in [4.78, 5) is 0. The number of aryl methyl sites for hydroxylation is 1. The highest BCUT2D eigenvalue weighted by atomic mass is 127. The predicted molar refractivity (Wildman–Crippen MR) is 94.9 cm³/mol. The van der Waals surface area contributed by atoms with Gasteiger partial charge in [0, 0.05) is 4.47 Å². The van der Waals surface area contributed by atoms with Crippen molar-refractivity contribution in [2.75, 3.05) is 0 Å². The molecule has 2 aromatic rings. The molecule has 0 saturated heterocycles. The molecule has 1 heterocycles. The van der Waals surface area contributed by atoms with Gasteiger partial charge in [0.25, 0.3) is 0 Å². The Morgan fingerprint density at radius 3 is 2.68 bits per heavy atom. The zero-order valence-corrected chi connectivity index (χ0v) is 15.9. The maximum atomic E-state index is 5.98. The lowest BCUT2D eigenvalue weighted by Crippen LogP contribution is -1.96. The zero-order chi connectivity index (χ0) is 14.0. The van der Waals surface area contributed by atoms with Gasteiger partial charge >= 0.3 is 0 Å². The molecule has 3 rings (SSSR count). The van der Waals surface area contributed by atoms with Crippen LogP contribution in [0.3, 0.4) is 0 Å². The third-order valence-corrected chi connectivity index (χ3v) is 5.11. The van der Waals surface area contributed by atoms with Crippen molar-refractivity contribution in [3.05, 3.63) is 22.3 Å². The highest BCUT2D eigenvalue weighted by Crippen LogP contribution is 2.39. The fourth-order valence-corrected chi connectivity index (χ4v) is 3.86. The molecule has 0 spiro atoms.